The molecule has 2 fully saturated rings. The van der Waals surface area contributed by atoms with E-state index in [1.54, 1.807) is 6.20 Å². The van der Waals surface area contributed by atoms with Crippen LogP contribution in [0.25, 0.3) is 5.69 Å². The van der Waals surface area contributed by atoms with Gasteiger partial charge in [-0.3, -0.25) is 9.69 Å². The predicted octanol–water partition coefficient (Wildman–Crippen LogP) is 4.54. The molecule has 0 unspecified atom stereocenters. The normalized spacial score (nSPS) is 17.8. The third-order valence-electron chi connectivity index (χ3n) is 6.70. The van der Waals surface area contributed by atoms with E-state index in [9.17, 15) is 4.79 Å². The van der Waals surface area contributed by atoms with Gasteiger partial charge in [0, 0.05) is 45.1 Å². The minimum absolute atomic E-state index is 0.112. The van der Waals surface area contributed by atoms with E-state index in [-0.39, 0.29) is 12.0 Å². The van der Waals surface area contributed by atoms with Crippen molar-refractivity contribution < 1.29 is 9.53 Å². The maximum atomic E-state index is 13.0. The first-order valence-corrected chi connectivity index (χ1v) is 12.1. The van der Waals surface area contributed by atoms with Gasteiger partial charge in [0.25, 0.3) is 5.91 Å². The summed E-state index contributed by atoms with van der Waals surface area (Å²) in [4.78, 5) is 17.5. The second-order valence-corrected chi connectivity index (χ2v) is 9.06. The van der Waals surface area contributed by atoms with Crippen molar-refractivity contribution >= 4 is 5.91 Å². The number of carbonyl (C=O) groups excluding carboxylic acids is 1. The van der Waals surface area contributed by atoms with Crippen molar-refractivity contribution in [3.63, 3.8) is 0 Å². The highest BCUT2D eigenvalue weighted by atomic mass is 16.5. The molecule has 1 aromatic heterocycles. The fourth-order valence-corrected chi connectivity index (χ4v) is 4.81. The Bertz CT molecular complexity index is 1030. The minimum atomic E-state index is 0.112. The first kappa shape index (κ1) is 21.7. The van der Waals surface area contributed by atoms with Gasteiger partial charge in [-0.25, -0.2) is 4.68 Å². The van der Waals surface area contributed by atoms with Crippen LogP contribution in [0.5, 0.6) is 5.75 Å². The molecular formula is C27H32N4O2. The standard InChI is InChI=1S/C27H32N4O2/c32-27(30-16-4-1-5-17-30)25-7-2-3-8-26(25)33-24-13-19-29(20-14-24)21-22-9-11-23(12-10-22)31-18-6-15-28-31/h2-3,6-12,15,18,24H,1,4-5,13-14,16-17,19-21H2. The first-order valence-electron chi connectivity index (χ1n) is 12.1. The second kappa shape index (κ2) is 10.2. The van der Waals surface area contributed by atoms with Crippen molar-refractivity contribution in [3.05, 3.63) is 78.1 Å². The number of amides is 1. The number of nitrogens with zero attached hydrogens (tertiary/aromatic N) is 4. The maximum Gasteiger partial charge on any atom is 0.257 e. The number of piperidine rings is 2. The van der Waals surface area contributed by atoms with Gasteiger partial charge < -0.3 is 9.64 Å². The van der Waals surface area contributed by atoms with Gasteiger partial charge in [0.2, 0.25) is 0 Å². The summed E-state index contributed by atoms with van der Waals surface area (Å²) in [5.74, 6) is 0.849. The minimum Gasteiger partial charge on any atom is -0.489 e. The van der Waals surface area contributed by atoms with Crippen LogP contribution in [0, 0.1) is 0 Å². The van der Waals surface area contributed by atoms with E-state index in [0.29, 0.717) is 5.56 Å². The van der Waals surface area contributed by atoms with Gasteiger partial charge in [0.05, 0.1) is 11.3 Å². The fourth-order valence-electron chi connectivity index (χ4n) is 4.81. The SMILES string of the molecule is O=C(c1ccccc1OC1CCN(Cc2ccc(-n3cccn3)cc2)CC1)N1CCCCC1. The highest BCUT2D eigenvalue weighted by molar-refractivity contribution is 5.97. The van der Waals surface area contributed by atoms with Crippen LogP contribution >= 0.6 is 0 Å². The lowest BCUT2D eigenvalue weighted by Crippen LogP contribution is -2.38. The molecule has 0 spiro atoms. The van der Waals surface area contributed by atoms with E-state index in [1.807, 2.05) is 46.1 Å². The zero-order valence-corrected chi connectivity index (χ0v) is 19.1. The molecule has 1 amide bonds. The van der Waals surface area contributed by atoms with Crippen LogP contribution in [0.2, 0.25) is 0 Å². The Kier molecular flexibility index (Phi) is 6.72. The highest BCUT2D eigenvalue weighted by Gasteiger charge is 2.25. The lowest BCUT2D eigenvalue weighted by molar-refractivity contribution is 0.0702. The molecule has 2 aliphatic rings. The Morgan fingerprint density at radius 1 is 0.909 bits per heavy atom. The summed E-state index contributed by atoms with van der Waals surface area (Å²) >= 11 is 0. The summed E-state index contributed by atoms with van der Waals surface area (Å²) in [5, 5.41) is 4.29. The summed E-state index contributed by atoms with van der Waals surface area (Å²) in [6.07, 6.45) is 9.25. The Labute approximate surface area is 195 Å². The topological polar surface area (TPSA) is 50.6 Å². The van der Waals surface area contributed by atoms with Crippen molar-refractivity contribution in [2.45, 2.75) is 44.8 Å². The summed E-state index contributed by atoms with van der Waals surface area (Å²) in [6, 6.07) is 18.3. The van der Waals surface area contributed by atoms with E-state index < -0.39 is 0 Å². The quantitative estimate of drug-likeness (QED) is 0.560. The second-order valence-electron chi connectivity index (χ2n) is 9.06. The van der Waals surface area contributed by atoms with E-state index in [2.05, 4.69) is 34.3 Å². The fraction of sp³-hybridized carbons (Fsp3) is 0.407. The molecule has 0 radical (unpaired) electrons. The van der Waals surface area contributed by atoms with Crippen molar-refractivity contribution in [3.8, 4) is 11.4 Å². The summed E-state index contributed by atoms with van der Waals surface area (Å²) < 4.78 is 8.25. The number of aromatic nitrogens is 2. The largest absolute Gasteiger partial charge is 0.489 e. The van der Waals surface area contributed by atoms with Crippen LogP contribution in [0.3, 0.4) is 0 Å². The molecule has 2 aromatic carbocycles. The van der Waals surface area contributed by atoms with Gasteiger partial charge in [-0.15, -0.1) is 0 Å². The Morgan fingerprint density at radius 3 is 2.39 bits per heavy atom. The first-order chi connectivity index (χ1) is 16.3. The Morgan fingerprint density at radius 2 is 1.67 bits per heavy atom. The average molecular weight is 445 g/mol. The average Bonchev–Trinajstić information content (AvgIpc) is 3.41. The van der Waals surface area contributed by atoms with Crippen LogP contribution in [0.15, 0.2) is 67.0 Å². The maximum absolute atomic E-state index is 13.0. The van der Waals surface area contributed by atoms with Crippen molar-refractivity contribution in [1.82, 2.24) is 19.6 Å². The summed E-state index contributed by atoms with van der Waals surface area (Å²) in [6.45, 7) is 4.64. The van der Waals surface area contributed by atoms with Crippen molar-refractivity contribution in [2.75, 3.05) is 26.2 Å². The number of benzene rings is 2. The van der Waals surface area contributed by atoms with E-state index in [1.165, 1.54) is 12.0 Å². The van der Waals surface area contributed by atoms with Gasteiger partial charge >= 0.3 is 0 Å². The molecule has 0 aliphatic carbocycles. The van der Waals surface area contributed by atoms with E-state index >= 15 is 0 Å². The van der Waals surface area contributed by atoms with Crippen LogP contribution in [-0.2, 0) is 6.54 Å². The number of hydrogen-bond donors (Lipinski definition) is 0. The third-order valence-corrected chi connectivity index (χ3v) is 6.70. The zero-order chi connectivity index (χ0) is 22.5. The molecule has 172 valence electrons. The van der Waals surface area contributed by atoms with Crippen molar-refractivity contribution in [2.24, 2.45) is 0 Å². The van der Waals surface area contributed by atoms with Gasteiger partial charge in [0.1, 0.15) is 11.9 Å². The third kappa shape index (κ3) is 5.28. The smallest absolute Gasteiger partial charge is 0.257 e. The lowest BCUT2D eigenvalue weighted by Gasteiger charge is -2.33. The van der Waals surface area contributed by atoms with Crippen LogP contribution < -0.4 is 4.74 Å². The number of hydrogen-bond acceptors (Lipinski definition) is 4. The number of ether oxygens (including phenoxy) is 1. The molecule has 33 heavy (non-hydrogen) atoms. The van der Waals surface area contributed by atoms with Crippen LogP contribution in [-0.4, -0.2) is 57.8 Å². The molecule has 5 rings (SSSR count). The zero-order valence-electron chi connectivity index (χ0n) is 19.1. The van der Waals surface area contributed by atoms with Crippen LogP contribution in [0.4, 0.5) is 0 Å². The van der Waals surface area contributed by atoms with E-state index in [0.717, 1.165) is 69.8 Å². The molecular weight excluding hydrogens is 412 g/mol. The number of para-hydroxylation sites is 1. The highest BCUT2D eigenvalue weighted by Crippen LogP contribution is 2.26. The Hall–Kier alpha value is -3.12. The molecule has 3 aromatic rings. The molecule has 2 aliphatic heterocycles. The van der Waals surface area contributed by atoms with Gasteiger partial charge in [-0.2, -0.15) is 5.10 Å². The number of rotatable bonds is 6. The number of carbonyl (C=O) groups is 1. The molecule has 0 atom stereocenters. The van der Waals surface area contributed by atoms with Gasteiger partial charge in [0.15, 0.2) is 0 Å². The molecule has 6 nitrogen and oxygen atoms in total. The van der Waals surface area contributed by atoms with E-state index in [4.69, 9.17) is 4.74 Å². The molecule has 3 heterocycles. The molecule has 2 saturated heterocycles. The Balaban J connectivity index is 1.15. The number of likely N-dealkylation sites (tertiary alicyclic amines) is 2. The predicted molar refractivity (Wildman–Crippen MR) is 129 cm³/mol. The molecule has 0 N–H and O–H groups in total. The molecule has 0 bridgehead atoms. The summed E-state index contributed by atoms with van der Waals surface area (Å²) in [5.41, 5.74) is 3.09. The molecule has 0 saturated carbocycles. The van der Waals surface area contributed by atoms with Crippen LogP contribution in [0.1, 0.15) is 48.0 Å². The monoisotopic (exact) mass is 444 g/mol. The van der Waals surface area contributed by atoms with Gasteiger partial charge in [-0.1, -0.05) is 24.3 Å². The summed E-state index contributed by atoms with van der Waals surface area (Å²) in [7, 11) is 0. The van der Waals surface area contributed by atoms with Crippen molar-refractivity contribution in [1.29, 1.82) is 0 Å². The lowest BCUT2D eigenvalue weighted by atomic mass is 10.1. The van der Waals surface area contributed by atoms with Gasteiger partial charge in [-0.05, 0) is 68.0 Å². The molecule has 6 heteroatoms.